The summed E-state index contributed by atoms with van der Waals surface area (Å²) in [6.07, 6.45) is 5.59. The molecule has 0 atom stereocenters. The Kier molecular flexibility index (Phi) is 4.51. The smallest absolute Gasteiger partial charge is 0.152 e. The highest BCUT2D eigenvalue weighted by Gasteiger charge is 2.13. The Hall–Kier alpha value is -0.710. The zero-order valence-corrected chi connectivity index (χ0v) is 9.91. The van der Waals surface area contributed by atoms with Crippen molar-refractivity contribution in [1.29, 1.82) is 0 Å². The van der Waals surface area contributed by atoms with E-state index in [1.54, 1.807) is 12.4 Å². The summed E-state index contributed by atoms with van der Waals surface area (Å²) in [7, 11) is 0. The van der Waals surface area contributed by atoms with E-state index in [-0.39, 0.29) is 0 Å². The number of hydrogen-bond donors (Lipinski definition) is 1. The van der Waals surface area contributed by atoms with E-state index in [0.29, 0.717) is 17.7 Å². The monoisotopic (exact) mass is 241 g/mol. The predicted molar refractivity (Wildman–Crippen MR) is 62.3 cm³/mol. The molecule has 2 rings (SSSR count). The zero-order valence-electron chi connectivity index (χ0n) is 9.16. The maximum absolute atomic E-state index is 5.88. The molecule has 1 aliphatic rings. The summed E-state index contributed by atoms with van der Waals surface area (Å²) in [6.45, 7) is 3.44. The highest BCUT2D eigenvalue weighted by Crippen LogP contribution is 2.14. The number of halogens is 1. The van der Waals surface area contributed by atoms with E-state index in [9.17, 15) is 0 Å². The summed E-state index contributed by atoms with van der Waals surface area (Å²) in [5.74, 6) is 0.664. The number of piperidine rings is 1. The molecule has 0 bridgehead atoms. The van der Waals surface area contributed by atoms with Crippen LogP contribution in [0.2, 0.25) is 5.15 Å². The van der Waals surface area contributed by atoms with Gasteiger partial charge in [0.25, 0.3) is 0 Å². The normalized spacial score (nSPS) is 17.6. The van der Waals surface area contributed by atoms with Crippen LogP contribution in [0.15, 0.2) is 12.4 Å². The van der Waals surface area contributed by atoms with Crippen LogP contribution in [0.1, 0.15) is 18.5 Å². The van der Waals surface area contributed by atoms with Crippen molar-refractivity contribution < 1.29 is 4.74 Å². The minimum Gasteiger partial charge on any atom is -0.375 e. The van der Waals surface area contributed by atoms with Crippen molar-refractivity contribution in [3.63, 3.8) is 0 Å². The molecule has 1 saturated heterocycles. The molecule has 4 nitrogen and oxygen atoms in total. The lowest BCUT2D eigenvalue weighted by atomic mass is 9.99. The summed E-state index contributed by atoms with van der Waals surface area (Å²) in [6, 6.07) is 0. The van der Waals surface area contributed by atoms with Gasteiger partial charge < -0.3 is 10.1 Å². The minimum absolute atomic E-state index is 0.438. The second-order valence-corrected chi connectivity index (χ2v) is 4.36. The maximum Gasteiger partial charge on any atom is 0.152 e. The van der Waals surface area contributed by atoms with Gasteiger partial charge in [0.05, 0.1) is 13.2 Å². The molecule has 0 spiro atoms. The van der Waals surface area contributed by atoms with Crippen LogP contribution in [0.5, 0.6) is 0 Å². The first kappa shape index (κ1) is 11.8. The summed E-state index contributed by atoms with van der Waals surface area (Å²) in [5.41, 5.74) is 0.720. The van der Waals surface area contributed by atoms with E-state index in [2.05, 4.69) is 15.3 Å². The third-order valence-corrected chi connectivity index (χ3v) is 3.09. The summed E-state index contributed by atoms with van der Waals surface area (Å²) in [5, 5.41) is 3.77. The van der Waals surface area contributed by atoms with E-state index < -0.39 is 0 Å². The van der Waals surface area contributed by atoms with Crippen LogP contribution in [0.25, 0.3) is 0 Å². The van der Waals surface area contributed by atoms with Crippen molar-refractivity contribution in [3.05, 3.63) is 23.2 Å². The van der Waals surface area contributed by atoms with Gasteiger partial charge in [-0.15, -0.1) is 0 Å². The summed E-state index contributed by atoms with van der Waals surface area (Å²) in [4.78, 5) is 8.09. The molecular formula is C11H16ClN3O. The first-order chi connectivity index (χ1) is 7.86. The average Bonchev–Trinajstić information content (AvgIpc) is 2.33. The second kappa shape index (κ2) is 6.13. The Balaban J connectivity index is 1.73. The number of rotatable bonds is 4. The Morgan fingerprint density at radius 1 is 1.31 bits per heavy atom. The fourth-order valence-corrected chi connectivity index (χ4v) is 1.98. The standard InChI is InChI=1S/C11H16ClN3O/c12-11-10(14-5-6-15-11)8-16-7-9-1-3-13-4-2-9/h5-6,9,13H,1-4,7-8H2. The first-order valence-corrected chi connectivity index (χ1v) is 5.98. The average molecular weight is 242 g/mol. The molecule has 0 saturated carbocycles. The quantitative estimate of drug-likeness (QED) is 0.871. The fraction of sp³-hybridized carbons (Fsp3) is 0.636. The Morgan fingerprint density at radius 3 is 2.81 bits per heavy atom. The van der Waals surface area contributed by atoms with Gasteiger partial charge in [-0.25, -0.2) is 4.98 Å². The van der Waals surface area contributed by atoms with Crippen molar-refractivity contribution in [2.45, 2.75) is 19.4 Å². The number of hydrogen-bond acceptors (Lipinski definition) is 4. The summed E-state index contributed by atoms with van der Waals surface area (Å²) >= 11 is 5.88. The molecular weight excluding hydrogens is 226 g/mol. The van der Waals surface area contributed by atoms with Gasteiger partial charge in [0.2, 0.25) is 0 Å². The Bertz CT molecular complexity index is 329. The predicted octanol–water partition coefficient (Wildman–Crippen LogP) is 1.65. The lowest BCUT2D eigenvalue weighted by molar-refractivity contribution is 0.0743. The van der Waals surface area contributed by atoms with Gasteiger partial charge in [-0.1, -0.05) is 11.6 Å². The second-order valence-electron chi connectivity index (χ2n) is 4.00. The zero-order chi connectivity index (χ0) is 11.2. The molecule has 1 fully saturated rings. The molecule has 88 valence electrons. The van der Waals surface area contributed by atoms with Crippen molar-refractivity contribution in [2.24, 2.45) is 5.92 Å². The number of ether oxygens (including phenoxy) is 1. The van der Waals surface area contributed by atoms with Crippen LogP contribution in [0, 0.1) is 5.92 Å². The van der Waals surface area contributed by atoms with Crippen molar-refractivity contribution in [1.82, 2.24) is 15.3 Å². The van der Waals surface area contributed by atoms with E-state index >= 15 is 0 Å². The molecule has 0 radical (unpaired) electrons. The molecule has 0 unspecified atom stereocenters. The largest absolute Gasteiger partial charge is 0.375 e. The highest BCUT2D eigenvalue weighted by molar-refractivity contribution is 6.29. The van der Waals surface area contributed by atoms with Gasteiger partial charge in [0.1, 0.15) is 5.69 Å². The highest BCUT2D eigenvalue weighted by atomic mass is 35.5. The molecule has 1 aromatic rings. The van der Waals surface area contributed by atoms with E-state index in [1.807, 2.05) is 0 Å². The van der Waals surface area contributed by atoms with Crippen LogP contribution in [0.3, 0.4) is 0 Å². The van der Waals surface area contributed by atoms with Gasteiger partial charge in [0.15, 0.2) is 5.15 Å². The molecule has 1 aromatic heterocycles. The van der Waals surface area contributed by atoms with Crippen molar-refractivity contribution in [3.8, 4) is 0 Å². The van der Waals surface area contributed by atoms with E-state index in [0.717, 1.165) is 25.4 Å². The van der Waals surface area contributed by atoms with Crippen molar-refractivity contribution >= 4 is 11.6 Å². The van der Waals surface area contributed by atoms with Crippen LogP contribution >= 0.6 is 11.6 Å². The molecule has 16 heavy (non-hydrogen) atoms. The third-order valence-electron chi connectivity index (χ3n) is 2.77. The third kappa shape index (κ3) is 3.40. The van der Waals surface area contributed by atoms with Gasteiger partial charge in [-0.2, -0.15) is 0 Å². The molecule has 1 aliphatic heterocycles. The van der Waals surface area contributed by atoms with Crippen molar-refractivity contribution in [2.75, 3.05) is 19.7 Å². The topological polar surface area (TPSA) is 47.0 Å². The lowest BCUT2D eigenvalue weighted by Crippen LogP contribution is -2.29. The van der Waals surface area contributed by atoms with Crippen LogP contribution < -0.4 is 5.32 Å². The van der Waals surface area contributed by atoms with Gasteiger partial charge >= 0.3 is 0 Å². The van der Waals surface area contributed by atoms with Crippen LogP contribution in [-0.2, 0) is 11.3 Å². The van der Waals surface area contributed by atoms with Gasteiger partial charge in [0, 0.05) is 12.4 Å². The summed E-state index contributed by atoms with van der Waals surface area (Å²) < 4.78 is 5.63. The van der Waals surface area contributed by atoms with Crippen LogP contribution in [-0.4, -0.2) is 29.7 Å². The molecule has 0 aliphatic carbocycles. The molecule has 1 N–H and O–H groups in total. The number of nitrogens with zero attached hydrogens (tertiary/aromatic N) is 2. The maximum atomic E-state index is 5.88. The first-order valence-electron chi connectivity index (χ1n) is 5.60. The minimum atomic E-state index is 0.438. The molecule has 5 heteroatoms. The van der Waals surface area contributed by atoms with Crippen LogP contribution in [0.4, 0.5) is 0 Å². The van der Waals surface area contributed by atoms with E-state index in [1.165, 1.54) is 12.8 Å². The number of aromatic nitrogens is 2. The molecule has 0 aromatic carbocycles. The number of nitrogens with one attached hydrogen (secondary N) is 1. The van der Waals surface area contributed by atoms with E-state index in [4.69, 9.17) is 16.3 Å². The molecule has 2 heterocycles. The fourth-order valence-electron chi connectivity index (χ4n) is 1.82. The molecule has 0 amide bonds. The Morgan fingerprint density at radius 2 is 2.06 bits per heavy atom. The van der Waals surface area contributed by atoms with Gasteiger partial charge in [-0.3, -0.25) is 4.98 Å². The lowest BCUT2D eigenvalue weighted by Gasteiger charge is -2.22. The van der Waals surface area contributed by atoms with Gasteiger partial charge in [-0.05, 0) is 31.8 Å². The SMILES string of the molecule is Clc1nccnc1COCC1CCNCC1. The Labute approximate surface area is 100 Å².